The van der Waals surface area contributed by atoms with Crippen molar-refractivity contribution < 1.29 is 0 Å². The van der Waals surface area contributed by atoms with E-state index in [2.05, 4.69) is 43.3 Å². The molecule has 0 saturated carbocycles. The number of hydrogen-bond donors (Lipinski definition) is 0. The second-order valence-corrected chi connectivity index (χ2v) is 7.61. The predicted octanol–water partition coefficient (Wildman–Crippen LogP) is 6.36. The molecular formula is C17H13ClS2. The van der Waals surface area contributed by atoms with Crippen LogP contribution in [0.15, 0.2) is 36.4 Å². The molecule has 0 aliphatic carbocycles. The molecule has 0 spiro atoms. The molecule has 0 aliphatic rings. The number of fused-ring (bicyclic) bond motifs is 5. The molecule has 2 heterocycles. The van der Waals surface area contributed by atoms with Crippen LogP contribution >= 0.6 is 34.3 Å². The van der Waals surface area contributed by atoms with Gasteiger partial charge >= 0.3 is 0 Å². The van der Waals surface area contributed by atoms with Gasteiger partial charge in [0.25, 0.3) is 0 Å². The van der Waals surface area contributed by atoms with Crippen molar-refractivity contribution in [2.75, 3.05) is 5.88 Å². The first-order chi connectivity index (χ1) is 9.76. The van der Waals surface area contributed by atoms with Crippen molar-refractivity contribution in [3.8, 4) is 0 Å². The Morgan fingerprint density at radius 3 is 2.25 bits per heavy atom. The van der Waals surface area contributed by atoms with Gasteiger partial charge in [-0.1, -0.05) is 24.3 Å². The maximum Gasteiger partial charge on any atom is 0.0542 e. The lowest BCUT2D eigenvalue weighted by Crippen LogP contribution is -1.83. The third kappa shape index (κ3) is 1.86. The maximum absolute atomic E-state index is 5.84. The average molecular weight is 317 g/mol. The molecule has 2 aromatic carbocycles. The number of alkyl halides is 1. The first kappa shape index (κ1) is 12.6. The average Bonchev–Trinajstić information content (AvgIpc) is 2.93. The summed E-state index contributed by atoms with van der Waals surface area (Å²) in [6, 6.07) is 13.5. The third-order valence-electron chi connectivity index (χ3n) is 3.69. The molecule has 2 aromatic heterocycles. The summed E-state index contributed by atoms with van der Waals surface area (Å²) in [6.07, 6.45) is 0.947. The van der Waals surface area contributed by atoms with Crippen LogP contribution < -0.4 is 0 Å². The molecule has 0 saturated heterocycles. The Morgan fingerprint density at radius 2 is 1.55 bits per heavy atom. The van der Waals surface area contributed by atoms with Gasteiger partial charge in [-0.05, 0) is 36.6 Å². The van der Waals surface area contributed by atoms with Gasteiger partial charge in [0.1, 0.15) is 0 Å². The SMILES string of the molecule is Cc1ccc2c(c1)sc1c3ccc(CCCl)cc3sc21. The summed E-state index contributed by atoms with van der Waals surface area (Å²) in [7, 11) is 0. The van der Waals surface area contributed by atoms with Gasteiger partial charge in [-0.15, -0.1) is 34.3 Å². The normalized spacial score (nSPS) is 11.9. The summed E-state index contributed by atoms with van der Waals surface area (Å²) in [5.74, 6) is 0.688. The minimum atomic E-state index is 0.688. The van der Waals surface area contributed by atoms with Crippen LogP contribution in [0.25, 0.3) is 29.6 Å². The Hall–Kier alpha value is -1.09. The summed E-state index contributed by atoms with van der Waals surface area (Å²) < 4.78 is 5.65. The van der Waals surface area contributed by atoms with Crippen LogP contribution in [0.4, 0.5) is 0 Å². The molecule has 100 valence electrons. The molecule has 20 heavy (non-hydrogen) atoms. The van der Waals surface area contributed by atoms with Crippen molar-refractivity contribution in [2.24, 2.45) is 0 Å². The van der Waals surface area contributed by atoms with E-state index in [1.54, 1.807) is 0 Å². The fourth-order valence-electron chi connectivity index (χ4n) is 2.67. The summed E-state index contributed by atoms with van der Waals surface area (Å²) in [6.45, 7) is 2.16. The Bertz CT molecular complexity index is 930. The van der Waals surface area contributed by atoms with E-state index >= 15 is 0 Å². The first-order valence-corrected chi connectivity index (χ1v) is 8.83. The van der Waals surface area contributed by atoms with Crippen molar-refractivity contribution in [3.63, 3.8) is 0 Å². The number of halogens is 1. The van der Waals surface area contributed by atoms with Crippen molar-refractivity contribution >= 4 is 63.8 Å². The molecule has 0 amide bonds. The number of hydrogen-bond acceptors (Lipinski definition) is 2. The molecule has 0 aliphatic heterocycles. The van der Waals surface area contributed by atoms with E-state index in [1.165, 1.54) is 40.7 Å². The number of aryl methyl sites for hydroxylation is 2. The lowest BCUT2D eigenvalue weighted by Gasteiger charge is -1.97. The van der Waals surface area contributed by atoms with Crippen molar-refractivity contribution in [1.29, 1.82) is 0 Å². The van der Waals surface area contributed by atoms with E-state index < -0.39 is 0 Å². The van der Waals surface area contributed by atoms with E-state index in [0.29, 0.717) is 5.88 Å². The van der Waals surface area contributed by atoms with Gasteiger partial charge in [0.15, 0.2) is 0 Å². The van der Waals surface area contributed by atoms with E-state index in [4.69, 9.17) is 11.6 Å². The number of benzene rings is 2. The molecule has 0 N–H and O–H groups in total. The second kappa shape index (κ2) is 4.73. The van der Waals surface area contributed by atoms with Crippen LogP contribution in [0.1, 0.15) is 11.1 Å². The van der Waals surface area contributed by atoms with Crippen molar-refractivity contribution in [2.45, 2.75) is 13.3 Å². The van der Waals surface area contributed by atoms with Crippen molar-refractivity contribution in [3.05, 3.63) is 47.5 Å². The number of rotatable bonds is 2. The van der Waals surface area contributed by atoms with Gasteiger partial charge in [-0.25, -0.2) is 0 Å². The Labute approximate surface area is 130 Å². The van der Waals surface area contributed by atoms with Gasteiger partial charge < -0.3 is 0 Å². The van der Waals surface area contributed by atoms with Crippen LogP contribution in [0.3, 0.4) is 0 Å². The van der Waals surface area contributed by atoms with Crippen LogP contribution in [-0.4, -0.2) is 5.88 Å². The number of thiophene rings is 2. The van der Waals surface area contributed by atoms with Crippen LogP contribution in [0.2, 0.25) is 0 Å². The highest BCUT2D eigenvalue weighted by Gasteiger charge is 2.12. The molecule has 0 fully saturated rings. The van der Waals surface area contributed by atoms with E-state index in [-0.39, 0.29) is 0 Å². The molecule has 0 unspecified atom stereocenters. The zero-order chi connectivity index (χ0) is 13.7. The van der Waals surface area contributed by atoms with Gasteiger partial charge in [-0.3, -0.25) is 0 Å². The van der Waals surface area contributed by atoms with Gasteiger partial charge in [-0.2, -0.15) is 0 Å². The Morgan fingerprint density at radius 1 is 0.900 bits per heavy atom. The summed E-state index contributed by atoms with van der Waals surface area (Å²) in [5.41, 5.74) is 2.67. The molecule has 3 heteroatoms. The minimum Gasteiger partial charge on any atom is -0.134 e. The van der Waals surface area contributed by atoms with Gasteiger partial charge in [0, 0.05) is 26.1 Å². The fourth-order valence-corrected chi connectivity index (χ4v) is 5.71. The topological polar surface area (TPSA) is 0 Å². The molecule has 4 rings (SSSR count). The highest BCUT2D eigenvalue weighted by molar-refractivity contribution is 7.36. The van der Waals surface area contributed by atoms with Gasteiger partial charge in [0.2, 0.25) is 0 Å². The summed E-state index contributed by atoms with van der Waals surface area (Å²) >= 11 is 9.67. The van der Waals surface area contributed by atoms with Crippen LogP contribution in [-0.2, 0) is 6.42 Å². The Kier molecular flexibility index (Phi) is 2.99. The van der Waals surface area contributed by atoms with E-state index in [1.807, 2.05) is 22.7 Å². The highest BCUT2D eigenvalue weighted by Crippen LogP contribution is 2.44. The highest BCUT2D eigenvalue weighted by atomic mass is 35.5. The van der Waals surface area contributed by atoms with E-state index in [0.717, 1.165) is 6.42 Å². The van der Waals surface area contributed by atoms with Crippen LogP contribution in [0.5, 0.6) is 0 Å². The quantitative estimate of drug-likeness (QED) is 0.377. The second-order valence-electron chi connectivity index (χ2n) is 5.13. The molecule has 0 nitrogen and oxygen atoms in total. The van der Waals surface area contributed by atoms with Gasteiger partial charge in [0.05, 0.1) is 9.40 Å². The summed E-state index contributed by atoms with van der Waals surface area (Å²) in [4.78, 5) is 0. The molecule has 0 atom stereocenters. The summed E-state index contributed by atoms with van der Waals surface area (Å²) in [5, 5.41) is 2.79. The molecule has 4 aromatic rings. The fraction of sp³-hybridized carbons (Fsp3) is 0.176. The molecular weight excluding hydrogens is 304 g/mol. The zero-order valence-corrected chi connectivity index (χ0v) is 13.5. The predicted molar refractivity (Wildman–Crippen MR) is 93.9 cm³/mol. The largest absolute Gasteiger partial charge is 0.134 e. The maximum atomic E-state index is 5.84. The lowest BCUT2D eigenvalue weighted by molar-refractivity contribution is 1.16. The van der Waals surface area contributed by atoms with Crippen LogP contribution in [0, 0.1) is 6.92 Å². The van der Waals surface area contributed by atoms with E-state index in [9.17, 15) is 0 Å². The smallest absolute Gasteiger partial charge is 0.0542 e. The van der Waals surface area contributed by atoms with Crippen molar-refractivity contribution in [1.82, 2.24) is 0 Å². The molecule has 0 radical (unpaired) electrons. The minimum absolute atomic E-state index is 0.688. The molecule has 0 bridgehead atoms. The lowest BCUT2D eigenvalue weighted by atomic mass is 10.1. The third-order valence-corrected chi connectivity index (χ3v) is 6.38. The standard InChI is InChI=1S/C17H13ClS2/c1-10-2-4-12-14(8-10)19-17-13-5-3-11(6-7-18)9-15(13)20-16(12)17/h2-5,8-9H,6-7H2,1H3. The first-order valence-electron chi connectivity index (χ1n) is 6.66. The monoisotopic (exact) mass is 316 g/mol. The Balaban J connectivity index is 2.05. The zero-order valence-electron chi connectivity index (χ0n) is 11.1.